The molecule has 2 aromatic carbocycles. The Morgan fingerprint density at radius 2 is 1.85 bits per heavy atom. The van der Waals surface area contributed by atoms with Gasteiger partial charge in [-0.3, -0.25) is 4.79 Å². The molecule has 0 atom stereocenters. The van der Waals surface area contributed by atoms with E-state index in [0.717, 1.165) is 38.6 Å². The lowest BCUT2D eigenvalue weighted by Gasteiger charge is -2.12. The van der Waals surface area contributed by atoms with Crippen molar-refractivity contribution in [1.82, 2.24) is 4.98 Å². The summed E-state index contributed by atoms with van der Waals surface area (Å²) >= 11 is 3.57. The SMILES string of the molecule is CCc1ccc2[nH]c(-c3cc(OC)c(OC)cc3Br)c(CC(=O)O)c2c1. The lowest BCUT2D eigenvalue weighted by atomic mass is 10.0. The first-order chi connectivity index (χ1) is 12.5. The van der Waals surface area contributed by atoms with E-state index in [1.807, 2.05) is 18.2 Å². The summed E-state index contributed by atoms with van der Waals surface area (Å²) in [5.41, 5.74) is 4.43. The number of aromatic nitrogens is 1. The number of fused-ring (bicyclic) bond motifs is 1. The minimum Gasteiger partial charge on any atom is -0.493 e. The number of aromatic amines is 1. The van der Waals surface area contributed by atoms with Crippen LogP contribution in [0.15, 0.2) is 34.8 Å². The molecule has 0 aliphatic carbocycles. The Morgan fingerprint density at radius 1 is 1.15 bits per heavy atom. The summed E-state index contributed by atoms with van der Waals surface area (Å²) in [6.45, 7) is 2.08. The van der Waals surface area contributed by atoms with Crippen LogP contribution in [-0.4, -0.2) is 30.3 Å². The Bertz CT molecular complexity index is 978. The van der Waals surface area contributed by atoms with Crippen molar-refractivity contribution in [2.24, 2.45) is 0 Å². The summed E-state index contributed by atoms with van der Waals surface area (Å²) in [4.78, 5) is 14.9. The number of nitrogens with one attached hydrogen (secondary N) is 1. The number of aryl methyl sites for hydroxylation is 1. The largest absolute Gasteiger partial charge is 0.493 e. The average molecular weight is 418 g/mol. The van der Waals surface area contributed by atoms with Crippen molar-refractivity contribution in [2.45, 2.75) is 19.8 Å². The van der Waals surface area contributed by atoms with Crippen LogP contribution in [0, 0.1) is 0 Å². The van der Waals surface area contributed by atoms with Gasteiger partial charge < -0.3 is 19.6 Å². The van der Waals surface area contributed by atoms with Gasteiger partial charge in [-0.2, -0.15) is 0 Å². The van der Waals surface area contributed by atoms with E-state index in [4.69, 9.17) is 9.47 Å². The summed E-state index contributed by atoms with van der Waals surface area (Å²) in [5.74, 6) is 0.317. The fraction of sp³-hybridized carbons (Fsp3) is 0.250. The highest BCUT2D eigenvalue weighted by Crippen LogP contribution is 2.41. The fourth-order valence-electron chi connectivity index (χ4n) is 3.13. The molecule has 0 radical (unpaired) electrons. The van der Waals surface area contributed by atoms with Crippen LogP contribution >= 0.6 is 15.9 Å². The van der Waals surface area contributed by atoms with Crippen molar-refractivity contribution in [3.8, 4) is 22.8 Å². The van der Waals surface area contributed by atoms with Gasteiger partial charge in [0.05, 0.1) is 26.3 Å². The Balaban J connectivity index is 2.29. The summed E-state index contributed by atoms with van der Waals surface area (Å²) in [6, 6.07) is 9.78. The number of methoxy groups -OCH3 is 2. The van der Waals surface area contributed by atoms with E-state index < -0.39 is 5.97 Å². The maximum Gasteiger partial charge on any atom is 0.307 e. The molecule has 0 aliphatic heterocycles. The second-order valence-corrected chi connectivity index (χ2v) is 6.82. The molecule has 136 valence electrons. The number of hydrogen-bond acceptors (Lipinski definition) is 3. The molecule has 0 saturated carbocycles. The van der Waals surface area contributed by atoms with E-state index in [1.165, 1.54) is 5.56 Å². The number of rotatable bonds is 6. The monoisotopic (exact) mass is 417 g/mol. The number of hydrogen-bond donors (Lipinski definition) is 2. The van der Waals surface area contributed by atoms with Crippen LogP contribution in [0.25, 0.3) is 22.2 Å². The molecule has 26 heavy (non-hydrogen) atoms. The summed E-state index contributed by atoms with van der Waals surface area (Å²) in [7, 11) is 3.15. The van der Waals surface area contributed by atoms with Gasteiger partial charge in [0.2, 0.25) is 0 Å². The van der Waals surface area contributed by atoms with Crippen molar-refractivity contribution >= 4 is 32.8 Å². The summed E-state index contributed by atoms with van der Waals surface area (Å²) in [5, 5.41) is 10.4. The predicted octanol–water partition coefficient (Wildman–Crippen LogP) is 4.80. The first-order valence-electron chi connectivity index (χ1n) is 8.25. The molecule has 2 N–H and O–H groups in total. The molecule has 1 aromatic heterocycles. The van der Waals surface area contributed by atoms with Crippen LogP contribution < -0.4 is 9.47 Å². The molecule has 0 amide bonds. The molecule has 0 unspecified atom stereocenters. The smallest absolute Gasteiger partial charge is 0.307 e. The van der Waals surface area contributed by atoms with Gasteiger partial charge in [-0.1, -0.05) is 13.0 Å². The Hall–Kier alpha value is -2.47. The van der Waals surface area contributed by atoms with Crippen LogP contribution in [0.2, 0.25) is 0 Å². The number of ether oxygens (including phenoxy) is 2. The third kappa shape index (κ3) is 3.29. The van der Waals surface area contributed by atoms with Gasteiger partial charge >= 0.3 is 5.97 Å². The number of halogens is 1. The molecule has 3 rings (SSSR count). The number of carboxylic acids is 1. The van der Waals surface area contributed by atoms with E-state index >= 15 is 0 Å². The molecule has 3 aromatic rings. The predicted molar refractivity (Wildman–Crippen MR) is 105 cm³/mol. The van der Waals surface area contributed by atoms with Crippen molar-refractivity contribution in [3.63, 3.8) is 0 Å². The third-order valence-corrected chi connectivity index (χ3v) is 5.11. The van der Waals surface area contributed by atoms with E-state index in [2.05, 4.69) is 40.0 Å². The highest BCUT2D eigenvalue weighted by atomic mass is 79.9. The minimum atomic E-state index is -0.870. The van der Waals surface area contributed by atoms with Gasteiger partial charge in [-0.25, -0.2) is 0 Å². The Kier molecular flexibility index (Phi) is 5.23. The molecule has 5 nitrogen and oxygen atoms in total. The maximum absolute atomic E-state index is 11.5. The van der Waals surface area contributed by atoms with Crippen LogP contribution in [0.3, 0.4) is 0 Å². The molecule has 0 bridgehead atoms. The van der Waals surface area contributed by atoms with E-state index in [-0.39, 0.29) is 6.42 Å². The zero-order valence-electron chi connectivity index (χ0n) is 14.9. The minimum absolute atomic E-state index is 0.0662. The number of aliphatic carboxylic acids is 1. The molecule has 6 heteroatoms. The average Bonchev–Trinajstić information content (AvgIpc) is 2.98. The van der Waals surface area contributed by atoms with Gasteiger partial charge in [0.25, 0.3) is 0 Å². The van der Waals surface area contributed by atoms with Crippen molar-refractivity contribution in [2.75, 3.05) is 14.2 Å². The van der Waals surface area contributed by atoms with Crippen LogP contribution in [0.4, 0.5) is 0 Å². The van der Waals surface area contributed by atoms with Gasteiger partial charge in [-0.05, 0) is 57.7 Å². The highest BCUT2D eigenvalue weighted by Gasteiger charge is 2.20. The maximum atomic E-state index is 11.5. The summed E-state index contributed by atoms with van der Waals surface area (Å²) in [6.07, 6.45) is 0.826. The topological polar surface area (TPSA) is 71.5 Å². The van der Waals surface area contributed by atoms with Gasteiger partial charge in [0.15, 0.2) is 11.5 Å². The van der Waals surface area contributed by atoms with E-state index in [0.29, 0.717) is 11.5 Å². The van der Waals surface area contributed by atoms with E-state index in [9.17, 15) is 9.90 Å². The molecular formula is C20H20BrNO4. The number of benzene rings is 2. The summed E-state index contributed by atoms with van der Waals surface area (Å²) < 4.78 is 11.5. The second kappa shape index (κ2) is 7.41. The number of carboxylic acid groups (broad SMARTS) is 1. The fourth-order valence-corrected chi connectivity index (χ4v) is 3.65. The quantitative estimate of drug-likeness (QED) is 0.603. The highest BCUT2D eigenvalue weighted by molar-refractivity contribution is 9.10. The van der Waals surface area contributed by atoms with Gasteiger partial charge in [0.1, 0.15) is 0 Å². The first kappa shape index (κ1) is 18.3. The first-order valence-corrected chi connectivity index (χ1v) is 9.04. The van der Waals surface area contributed by atoms with Crippen molar-refractivity contribution in [1.29, 1.82) is 0 Å². The Labute approximate surface area is 160 Å². The van der Waals surface area contributed by atoms with Crippen LogP contribution in [-0.2, 0) is 17.6 Å². The molecule has 1 heterocycles. The zero-order valence-corrected chi connectivity index (χ0v) is 16.4. The van der Waals surface area contributed by atoms with Gasteiger partial charge in [-0.15, -0.1) is 0 Å². The molecule has 0 spiro atoms. The van der Waals surface area contributed by atoms with Crippen LogP contribution in [0.1, 0.15) is 18.1 Å². The molecule has 0 aliphatic rings. The number of H-pyrrole nitrogens is 1. The van der Waals surface area contributed by atoms with E-state index in [1.54, 1.807) is 14.2 Å². The molecular weight excluding hydrogens is 398 g/mol. The van der Waals surface area contributed by atoms with Gasteiger partial charge in [0, 0.05) is 20.9 Å². The normalized spacial score (nSPS) is 10.9. The van der Waals surface area contributed by atoms with Crippen molar-refractivity contribution in [3.05, 3.63) is 45.9 Å². The lowest BCUT2D eigenvalue weighted by molar-refractivity contribution is -0.136. The standard InChI is InChI=1S/C20H20BrNO4/c1-4-11-5-6-16-12(7-11)13(9-19(23)24)20(22-16)14-8-17(25-2)18(26-3)10-15(14)21/h5-8,10,22H,4,9H2,1-3H3,(H,23,24). The second-order valence-electron chi connectivity index (χ2n) is 5.97. The molecule has 0 fully saturated rings. The zero-order chi connectivity index (χ0) is 18.8. The number of carbonyl (C=O) groups is 1. The Morgan fingerprint density at radius 3 is 2.46 bits per heavy atom. The van der Waals surface area contributed by atoms with Crippen molar-refractivity contribution < 1.29 is 19.4 Å². The molecule has 0 saturated heterocycles. The van der Waals surface area contributed by atoms with Crippen LogP contribution in [0.5, 0.6) is 11.5 Å². The lowest BCUT2D eigenvalue weighted by Crippen LogP contribution is -2.01. The third-order valence-electron chi connectivity index (χ3n) is 4.45.